The highest BCUT2D eigenvalue weighted by Crippen LogP contribution is 2.25. The van der Waals surface area contributed by atoms with Crippen molar-refractivity contribution >= 4 is 5.91 Å². The minimum absolute atomic E-state index is 0.244. The van der Waals surface area contributed by atoms with Crippen molar-refractivity contribution in [3.05, 3.63) is 47.8 Å². The average molecular weight is 338 g/mol. The molecule has 0 spiro atoms. The summed E-state index contributed by atoms with van der Waals surface area (Å²) in [5.41, 5.74) is 1.43. The van der Waals surface area contributed by atoms with Gasteiger partial charge in [0.25, 0.3) is 5.91 Å². The number of nitriles is 1. The normalized spacial score (nSPS) is 14.2. The molecule has 0 bridgehead atoms. The van der Waals surface area contributed by atoms with Gasteiger partial charge in [0.05, 0.1) is 18.4 Å². The smallest absolute Gasteiger partial charge is 0.269 e. The van der Waals surface area contributed by atoms with Crippen molar-refractivity contribution in [2.75, 3.05) is 33.3 Å². The molecule has 1 N–H and O–H groups in total. The van der Waals surface area contributed by atoms with E-state index in [0.717, 1.165) is 25.3 Å². The summed E-state index contributed by atoms with van der Waals surface area (Å²) in [6.07, 6.45) is 4.18. The zero-order chi connectivity index (χ0) is 17.6. The van der Waals surface area contributed by atoms with Crippen LogP contribution >= 0.6 is 0 Å². The molecule has 1 aromatic heterocycles. The highest BCUT2D eigenvalue weighted by Gasteiger charge is 2.20. The first-order valence-corrected chi connectivity index (χ1v) is 8.50. The number of carbonyl (C=O) groups excluding carboxylic acids is 1. The van der Waals surface area contributed by atoms with E-state index in [4.69, 9.17) is 4.74 Å². The van der Waals surface area contributed by atoms with Crippen LogP contribution in [0.2, 0.25) is 0 Å². The average Bonchev–Trinajstić information content (AvgIpc) is 3.30. The van der Waals surface area contributed by atoms with Gasteiger partial charge >= 0.3 is 0 Å². The van der Waals surface area contributed by atoms with E-state index in [0.29, 0.717) is 23.6 Å². The fourth-order valence-corrected chi connectivity index (χ4v) is 3.20. The van der Waals surface area contributed by atoms with E-state index in [-0.39, 0.29) is 5.91 Å². The second-order valence-corrected chi connectivity index (χ2v) is 6.04. The van der Waals surface area contributed by atoms with Gasteiger partial charge in [-0.25, -0.2) is 0 Å². The Morgan fingerprint density at radius 1 is 1.28 bits per heavy atom. The zero-order valence-electron chi connectivity index (χ0n) is 14.4. The van der Waals surface area contributed by atoms with Gasteiger partial charge in [-0.2, -0.15) is 5.26 Å². The molecule has 1 aromatic carbocycles. The number of nitrogens with one attached hydrogen (secondary N) is 1. The Morgan fingerprint density at radius 3 is 2.76 bits per heavy atom. The Morgan fingerprint density at radius 2 is 2.04 bits per heavy atom. The third-order valence-electron chi connectivity index (χ3n) is 4.48. The first-order chi connectivity index (χ1) is 12.2. The Bertz CT molecular complexity index is 785. The molecule has 0 saturated carbocycles. The van der Waals surface area contributed by atoms with Crippen molar-refractivity contribution in [2.24, 2.45) is 0 Å². The Labute approximate surface area is 147 Å². The maximum atomic E-state index is 12.7. The molecule has 25 heavy (non-hydrogen) atoms. The van der Waals surface area contributed by atoms with Crippen LogP contribution in [0.15, 0.2) is 36.5 Å². The van der Waals surface area contributed by atoms with Gasteiger partial charge in [-0.05, 0) is 44.1 Å². The van der Waals surface area contributed by atoms with Gasteiger partial charge in [-0.3, -0.25) is 4.79 Å². The molecule has 1 aliphatic rings. The monoisotopic (exact) mass is 338 g/mol. The number of methoxy groups -OCH3 is 1. The lowest BCUT2D eigenvalue weighted by Crippen LogP contribution is -2.34. The molecule has 0 atom stereocenters. The summed E-state index contributed by atoms with van der Waals surface area (Å²) in [6.45, 7) is 3.59. The van der Waals surface area contributed by atoms with E-state index in [1.807, 2.05) is 24.3 Å². The largest absolute Gasteiger partial charge is 0.495 e. The minimum Gasteiger partial charge on any atom is -0.495 e. The first kappa shape index (κ1) is 17.1. The van der Waals surface area contributed by atoms with Crippen LogP contribution in [0.3, 0.4) is 0 Å². The number of nitrogens with zero attached hydrogens (tertiary/aromatic N) is 3. The Hall–Kier alpha value is -2.78. The molecule has 6 heteroatoms. The van der Waals surface area contributed by atoms with Crippen LogP contribution in [-0.4, -0.2) is 48.7 Å². The van der Waals surface area contributed by atoms with Gasteiger partial charge in [0.15, 0.2) is 0 Å². The van der Waals surface area contributed by atoms with Crippen LogP contribution in [0.4, 0.5) is 0 Å². The number of likely N-dealkylation sites (tertiary alicyclic amines) is 1. The molecule has 130 valence electrons. The summed E-state index contributed by atoms with van der Waals surface area (Å²) in [5, 5.41) is 12.3. The maximum Gasteiger partial charge on any atom is 0.269 e. The van der Waals surface area contributed by atoms with Gasteiger partial charge in [0.2, 0.25) is 0 Å². The van der Waals surface area contributed by atoms with Gasteiger partial charge < -0.3 is 19.5 Å². The second-order valence-electron chi connectivity index (χ2n) is 6.04. The van der Waals surface area contributed by atoms with E-state index in [2.05, 4.69) is 16.3 Å². The summed E-state index contributed by atoms with van der Waals surface area (Å²) < 4.78 is 7.09. The van der Waals surface area contributed by atoms with E-state index < -0.39 is 0 Å². The standard InChI is InChI=1S/C19H22N4O2/c1-25-17-7-3-2-6-16(17)23-12-8-15(14-20)18(23)19(24)21-9-13-22-10-4-5-11-22/h2-3,6-8,12H,4-5,9-11,13H2,1H3,(H,21,24). The molecule has 1 saturated heterocycles. The molecular weight excluding hydrogens is 316 g/mol. The highest BCUT2D eigenvalue weighted by molar-refractivity contribution is 5.96. The van der Waals surface area contributed by atoms with Crippen LogP contribution in [0.5, 0.6) is 5.75 Å². The molecule has 0 unspecified atom stereocenters. The van der Waals surface area contributed by atoms with E-state index in [9.17, 15) is 10.1 Å². The number of amides is 1. The number of carbonyl (C=O) groups is 1. The summed E-state index contributed by atoms with van der Waals surface area (Å²) in [7, 11) is 1.59. The molecule has 2 aromatic rings. The first-order valence-electron chi connectivity index (χ1n) is 8.50. The quantitative estimate of drug-likeness (QED) is 0.876. The van der Waals surface area contributed by atoms with Crippen LogP contribution in [0.25, 0.3) is 5.69 Å². The van der Waals surface area contributed by atoms with Crippen LogP contribution in [0, 0.1) is 11.3 Å². The number of aromatic nitrogens is 1. The fourth-order valence-electron chi connectivity index (χ4n) is 3.20. The van der Waals surface area contributed by atoms with Crippen molar-refractivity contribution in [2.45, 2.75) is 12.8 Å². The summed E-state index contributed by atoms with van der Waals surface area (Å²) in [5.74, 6) is 0.403. The number of para-hydroxylation sites is 2. The van der Waals surface area contributed by atoms with E-state index in [1.165, 1.54) is 12.8 Å². The van der Waals surface area contributed by atoms with Crippen molar-refractivity contribution in [1.82, 2.24) is 14.8 Å². The molecule has 2 heterocycles. The number of benzene rings is 1. The molecule has 3 rings (SSSR count). The van der Waals surface area contributed by atoms with Crippen LogP contribution in [0.1, 0.15) is 28.9 Å². The molecule has 1 amide bonds. The lowest BCUT2D eigenvalue weighted by Gasteiger charge is -2.16. The third kappa shape index (κ3) is 3.67. The molecule has 1 aliphatic heterocycles. The lowest BCUT2D eigenvalue weighted by atomic mass is 10.2. The van der Waals surface area contributed by atoms with Gasteiger partial charge in [0, 0.05) is 19.3 Å². The zero-order valence-corrected chi connectivity index (χ0v) is 14.4. The predicted molar refractivity (Wildman–Crippen MR) is 95.0 cm³/mol. The number of ether oxygens (including phenoxy) is 1. The maximum absolute atomic E-state index is 12.7. The Kier molecular flexibility index (Phi) is 5.36. The van der Waals surface area contributed by atoms with E-state index >= 15 is 0 Å². The molecular formula is C19H22N4O2. The van der Waals surface area contributed by atoms with Gasteiger partial charge in [0.1, 0.15) is 17.5 Å². The number of rotatable bonds is 6. The van der Waals surface area contributed by atoms with Crippen molar-refractivity contribution in [3.8, 4) is 17.5 Å². The number of hydrogen-bond donors (Lipinski definition) is 1. The minimum atomic E-state index is -0.244. The highest BCUT2D eigenvalue weighted by atomic mass is 16.5. The van der Waals surface area contributed by atoms with Gasteiger partial charge in [-0.1, -0.05) is 12.1 Å². The Balaban J connectivity index is 1.81. The molecule has 1 fully saturated rings. The topological polar surface area (TPSA) is 70.3 Å². The van der Waals surface area contributed by atoms with E-state index in [1.54, 1.807) is 23.9 Å². The number of hydrogen-bond acceptors (Lipinski definition) is 4. The van der Waals surface area contributed by atoms with Crippen LogP contribution < -0.4 is 10.1 Å². The molecule has 0 aliphatic carbocycles. The van der Waals surface area contributed by atoms with Gasteiger partial charge in [-0.15, -0.1) is 0 Å². The fraction of sp³-hybridized carbons (Fsp3) is 0.368. The van der Waals surface area contributed by atoms with Crippen molar-refractivity contribution in [3.63, 3.8) is 0 Å². The summed E-state index contributed by atoms with van der Waals surface area (Å²) in [6, 6.07) is 11.2. The lowest BCUT2D eigenvalue weighted by molar-refractivity contribution is 0.0942. The van der Waals surface area contributed by atoms with Crippen molar-refractivity contribution < 1.29 is 9.53 Å². The second kappa shape index (κ2) is 7.86. The molecule has 6 nitrogen and oxygen atoms in total. The summed E-state index contributed by atoms with van der Waals surface area (Å²) >= 11 is 0. The SMILES string of the molecule is COc1ccccc1-n1ccc(C#N)c1C(=O)NCCN1CCCC1. The third-order valence-corrected chi connectivity index (χ3v) is 4.48. The molecule has 0 radical (unpaired) electrons. The predicted octanol–water partition coefficient (Wildman–Crippen LogP) is 2.18. The van der Waals surface area contributed by atoms with Crippen LogP contribution in [-0.2, 0) is 0 Å². The van der Waals surface area contributed by atoms with Crippen molar-refractivity contribution in [1.29, 1.82) is 5.26 Å². The summed E-state index contributed by atoms with van der Waals surface area (Å²) in [4.78, 5) is 15.0.